The van der Waals surface area contributed by atoms with Crippen LogP contribution >= 0.6 is 129 Å². The number of nitrogens with two attached hydrogens (primary N) is 2. The van der Waals surface area contributed by atoms with E-state index in [9.17, 15) is 24.0 Å². The smallest absolute Gasteiger partial charge is 0.444 e. The Morgan fingerprint density at radius 3 is 1.05 bits per heavy atom. The molecule has 32 nitrogen and oxygen atoms in total. The van der Waals surface area contributed by atoms with Gasteiger partial charge in [-0.05, 0) is 270 Å². The van der Waals surface area contributed by atoms with Crippen LogP contribution in [0.15, 0.2) is 154 Å². The molecule has 14 aromatic rings. The monoisotopic (exact) mass is 2320 g/mol. The van der Waals surface area contributed by atoms with Crippen LogP contribution in [0.25, 0.3) is 72.4 Å². The molecule has 4 spiro atoms. The number of amides is 5. The van der Waals surface area contributed by atoms with Crippen molar-refractivity contribution in [3.8, 4) is 39.7 Å². The summed E-state index contributed by atoms with van der Waals surface area (Å²) in [5.41, 5.74) is 27.1. The molecule has 43 heteroatoms. The molecule has 8 fully saturated rings. The number of nitrogens with one attached hydrogen (secondary N) is 4. The zero-order chi connectivity index (χ0) is 105. The van der Waals surface area contributed by atoms with Gasteiger partial charge in [0.2, 0.25) is 23.6 Å². The Morgan fingerprint density at radius 2 is 0.687 bits per heavy atom. The van der Waals surface area contributed by atoms with Crippen molar-refractivity contribution < 1.29 is 38.8 Å². The molecule has 0 unspecified atom stereocenters. The number of hydrogen-bond donors (Lipinski definition) is 8. The van der Waals surface area contributed by atoms with Gasteiger partial charge in [0.25, 0.3) is 0 Å². The Hall–Kier alpha value is -10.7. The number of piperidine rings is 4. The molecule has 3 aromatic carbocycles. The number of ether oxygens (including phenoxy) is 1. The van der Waals surface area contributed by atoms with Crippen molar-refractivity contribution in [3.63, 3.8) is 0 Å². The van der Waals surface area contributed by atoms with Crippen LogP contribution in [0.4, 0.5) is 33.5 Å². The summed E-state index contributed by atoms with van der Waals surface area (Å²) in [7, 11) is 4.31. The highest BCUT2D eigenvalue weighted by Crippen LogP contribution is 2.51. The minimum absolute atomic E-state index is 0.159. The van der Waals surface area contributed by atoms with Gasteiger partial charge in [0.1, 0.15) is 42.3 Å². The molecule has 0 radical (unpaired) electrons. The quantitative estimate of drug-likeness (QED) is 0.0622. The normalized spacial score (nSPS) is 16.8. The molecule has 0 saturated carbocycles. The van der Waals surface area contributed by atoms with Gasteiger partial charge in [-0.2, -0.15) is 15.3 Å². The lowest BCUT2D eigenvalue weighted by Crippen LogP contribution is -2.47. The number of hydrogen-bond acceptors (Lipinski definition) is 21. The summed E-state index contributed by atoms with van der Waals surface area (Å²) in [5, 5.41) is 49.0. The minimum Gasteiger partial charge on any atom is -0.444 e. The van der Waals surface area contributed by atoms with E-state index in [1.54, 1.807) is 40.3 Å². The van der Waals surface area contributed by atoms with E-state index in [1.807, 2.05) is 113 Å². The number of carbonyl (C=O) groups excluding carboxylic acids is 5. The molecule has 10 N–H and O–H groups in total. The van der Waals surface area contributed by atoms with Crippen LogP contribution in [0.5, 0.6) is 0 Å². The van der Waals surface area contributed by atoms with Crippen molar-refractivity contribution in [2.45, 2.75) is 145 Å². The zero-order valence-electron chi connectivity index (χ0n) is 83.7. The second kappa shape index (κ2) is 45.2. The number of rotatable bonds is 9. The number of nitrogens with zero attached hydrogens (tertiary/aromatic N) is 18. The highest BCUT2D eigenvalue weighted by Gasteiger charge is 2.50. The van der Waals surface area contributed by atoms with Gasteiger partial charge in [0.15, 0.2) is 17.5 Å². The fourth-order valence-electron chi connectivity index (χ4n) is 20.8. The summed E-state index contributed by atoms with van der Waals surface area (Å²) in [6, 6.07) is 30.1. The molecule has 147 heavy (non-hydrogen) atoms. The van der Waals surface area contributed by atoms with Gasteiger partial charge >= 0.3 is 13.2 Å². The van der Waals surface area contributed by atoms with Gasteiger partial charge in [0, 0.05) is 192 Å². The summed E-state index contributed by atoms with van der Waals surface area (Å²) in [6.07, 6.45) is 24.1. The van der Waals surface area contributed by atoms with Gasteiger partial charge in [-0.25, -0.2) is 29.7 Å². The number of anilines is 5. The van der Waals surface area contributed by atoms with E-state index >= 15 is 0 Å². The average molecular weight is 2330 g/mol. The van der Waals surface area contributed by atoms with Crippen LogP contribution in [0.3, 0.4) is 0 Å². The minimum atomic E-state index is -1.41. The van der Waals surface area contributed by atoms with E-state index < -0.39 is 12.7 Å². The Bertz CT molecular complexity index is 7250. The molecular weight excluding hydrogens is 2210 g/mol. The summed E-state index contributed by atoms with van der Waals surface area (Å²) in [5.74, 6) is 3.51. The Balaban J connectivity index is 0.000000127. The van der Waals surface area contributed by atoms with E-state index in [0.717, 1.165) is 265 Å². The molecular formula is C104H117BBr3Cl7N24O8. The number of likely N-dealkylation sites (tertiary alicyclic amines) is 1. The fourth-order valence-corrected chi connectivity index (χ4v) is 23.9. The standard InChI is InChI=1S/C27H29ClN6O.C21H23ClN6O.C19H22BrClN4O.C13H22N2O3.C11H9BrCl2N2.C8H9BN2O2.C5H3BrCl2N2/c1-17-4-5-18(2)34(17)25-23(28)24(33-12-9-27(10-13-33)8-11-29-26(27)35)21(16-30-25)19-6-7-22-20(14-19)15-31-32(22)3;1-27-16-3-2-13(10-14(16)11-26-27)15-12-25-19(23)17(22)18(15)28-8-5-21(6-9-28)4-7-24-20(21)29;1-12-3-4-13(2)25(12)17-15(21)16(14(20)11-23-17)24-9-6-19(7-10-24)5-8-22-18(19)26;1-12(2,3)18-11(17)15-8-5-13(6-9-15)4-7-14-10(13)16;1-6-3-4-7(2)16(6)11-10(14)9(13)8(12)5-15-11;1-11-8-3-2-7(9(12)13)4-6(8)5-10-11;6-2-1-10-5(9)4(8)3(2)7/h4-7,14-16H,8-13H2,1-3H3,(H,29,35);2-3,10-12H,4-9H2,1H3,(H2,23,25)(H,24,29);3-4,11H,5-10H2,1-2H3,(H,22,26);4-9H2,1-3H3,(H,14,16);3-5H,1-2H3;2-5,12-13H,1H3;1H,(H2,9,10). The van der Waals surface area contributed by atoms with Crippen LogP contribution in [-0.2, 0) is 45.1 Å². The number of benzene rings is 3. The van der Waals surface area contributed by atoms with E-state index in [1.165, 1.54) is 6.20 Å². The molecule has 0 aliphatic carbocycles. The Kier molecular flexibility index (Phi) is 33.5. The fraction of sp³-hybridized carbons (Fsp3) is 0.394. The maximum absolute atomic E-state index is 12.6. The number of aryl methyl sites for hydroxylation is 9. The van der Waals surface area contributed by atoms with Gasteiger partial charge in [0.05, 0.1) is 97.3 Å². The summed E-state index contributed by atoms with van der Waals surface area (Å²) in [4.78, 5) is 91.3. The second-order valence-electron chi connectivity index (χ2n) is 39.6. The third kappa shape index (κ3) is 22.8. The molecule has 22 rings (SSSR count). The number of carbonyl (C=O) groups is 5. The van der Waals surface area contributed by atoms with Crippen molar-refractivity contribution in [3.05, 3.63) is 223 Å². The predicted molar refractivity (Wildman–Crippen MR) is 596 cm³/mol. The Labute approximate surface area is 913 Å². The van der Waals surface area contributed by atoms with Crippen LogP contribution in [0.2, 0.25) is 35.2 Å². The van der Waals surface area contributed by atoms with E-state index in [0.29, 0.717) is 69.3 Å². The first-order valence-electron chi connectivity index (χ1n) is 48.6. The first-order chi connectivity index (χ1) is 69.9. The largest absolute Gasteiger partial charge is 0.488 e. The van der Waals surface area contributed by atoms with Crippen LogP contribution < -0.4 is 52.9 Å². The lowest BCUT2D eigenvalue weighted by molar-refractivity contribution is -0.130. The van der Waals surface area contributed by atoms with E-state index in [-0.39, 0.29) is 62.2 Å². The second-order valence-corrected chi connectivity index (χ2v) is 44.8. The molecule has 0 atom stereocenters. The molecule has 19 heterocycles. The molecule has 774 valence electrons. The SMILES string of the molecule is CC(C)(C)OC(=O)N1CCC2(CCNC2=O)CC1.Cc1ccc(C)n1-c1ncc(-c2ccc3c(cnn3C)c2)c(N2CCC3(CCNC3=O)CC2)c1Cl.Cc1ccc(C)n1-c1ncc(Br)c(Cl)c1Cl.Cc1ccc(C)n1-c1ncc(Br)c(N2CCC3(CCNC3=O)CC2)c1Cl.Cn1ncc2cc(-c3cnc(N)c(Cl)c3N3CCC4(CCNC4=O)CC3)ccc21.Cn1ncc2cc(B(O)O)ccc21.Nc1ncc(Br)c(Cl)c1Cl. The first-order valence-corrected chi connectivity index (χ1v) is 53.6. The van der Waals surface area contributed by atoms with Gasteiger partial charge in [-0.1, -0.05) is 105 Å². The van der Waals surface area contributed by atoms with Crippen molar-refractivity contribution in [1.29, 1.82) is 0 Å². The lowest BCUT2D eigenvalue weighted by Gasteiger charge is -2.39. The number of pyridine rings is 5. The molecule has 5 amide bonds. The Morgan fingerprint density at radius 1 is 0.381 bits per heavy atom. The molecule has 8 aliphatic heterocycles. The molecule has 8 saturated heterocycles. The summed E-state index contributed by atoms with van der Waals surface area (Å²) in [6.45, 7) is 26.9. The number of nitrogen functional groups attached to an aromatic ring is 2. The van der Waals surface area contributed by atoms with Crippen molar-refractivity contribution in [2.75, 3.05) is 105 Å². The highest BCUT2D eigenvalue weighted by atomic mass is 79.9. The number of halogens is 10. The predicted octanol–water partition coefficient (Wildman–Crippen LogP) is 19.9. The molecule has 8 aliphatic rings. The van der Waals surface area contributed by atoms with Crippen molar-refractivity contribution >= 4 is 233 Å². The summed E-state index contributed by atoms with van der Waals surface area (Å²) < 4.78 is 19.2. The topological polar surface area (TPSA) is 381 Å². The molecule has 11 aromatic heterocycles. The van der Waals surface area contributed by atoms with E-state index in [2.05, 4.69) is 216 Å². The number of aromatic nitrogens is 14. The van der Waals surface area contributed by atoms with Gasteiger partial charge in [-0.15, -0.1) is 0 Å². The van der Waals surface area contributed by atoms with E-state index in [4.69, 9.17) is 112 Å². The molecule has 0 bridgehead atoms. The number of fused-ring (bicyclic) bond motifs is 3. The van der Waals surface area contributed by atoms with Crippen LogP contribution in [0.1, 0.15) is 132 Å². The lowest BCUT2D eigenvalue weighted by atomic mass is 9.77. The first kappa shape index (κ1) is 109. The summed E-state index contributed by atoms with van der Waals surface area (Å²) >= 11 is 54.3. The average Bonchev–Trinajstić information content (AvgIpc) is 1.64. The zero-order valence-corrected chi connectivity index (χ0v) is 93.7. The third-order valence-electron chi connectivity index (χ3n) is 29.4. The maximum Gasteiger partial charge on any atom is 0.488 e. The highest BCUT2D eigenvalue weighted by molar-refractivity contribution is 9.11. The van der Waals surface area contributed by atoms with Crippen molar-refractivity contribution in [2.24, 2.45) is 42.8 Å². The van der Waals surface area contributed by atoms with Crippen molar-refractivity contribution in [1.82, 2.24) is 94.1 Å². The van der Waals surface area contributed by atoms with Crippen LogP contribution in [0, 0.1) is 63.2 Å². The maximum atomic E-state index is 12.6. The van der Waals surface area contributed by atoms with Gasteiger partial charge < -0.3 is 80.8 Å². The van der Waals surface area contributed by atoms with Gasteiger partial charge in [-0.3, -0.25) is 33.2 Å². The third-order valence-corrected chi connectivity index (χ3v) is 34.4. The van der Waals surface area contributed by atoms with Crippen LogP contribution in [-0.4, -0.2) is 204 Å².